The standard InChI is InChI=1S/C7H4F3NO2/c8-4-1-6(9)5(3-11(12)13)7(10)2-4/h1-2H,3H2. The number of nitro groups is 1. The van der Waals surface area contributed by atoms with E-state index in [1.54, 1.807) is 0 Å². The fraction of sp³-hybridized carbons (Fsp3) is 0.143. The molecule has 0 aliphatic rings. The first-order valence-corrected chi connectivity index (χ1v) is 3.26. The maximum Gasteiger partial charge on any atom is 0.234 e. The first kappa shape index (κ1) is 9.50. The van der Waals surface area contributed by atoms with Gasteiger partial charge in [0, 0.05) is 17.1 Å². The van der Waals surface area contributed by atoms with Gasteiger partial charge in [0.15, 0.2) is 0 Å². The van der Waals surface area contributed by atoms with E-state index in [9.17, 15) is 23.3 Å². The van der Waals surface area contributed by atoms with Crippen LogP contribution in [0.25, 0.3) is 0 Å². The number of rotatable bonds is 2. The van der Waals surface area contributed by atoms with E-state index in [1.165, 1.54) is 0 Å². The highest BCUT2D eigenvalue weighted by atomic mass is 19.1. The molecule has 1 aromatic rings. The van der Waals surface area contributed by atoms with E-state index >= 15 is 0 Å². The van der Waals surface area contributed by atoms with Gasteiger partial charge in [-0.25, -0.2) is 13.2 Å². The molecule has 6 heteroatoms. The molecular weight excluding hydrogens is 187 g/mol. The van der Waals surface area contributed by atoms with E-state index in [1.807, 2.05) is 0 Å². The minimum atomic E-state index is -1.24. The third-order valence-electron chi connectivity index (χ3n) is 1.39. The van der Waals surface area contributed by atoms with Gasteiger partial charge in [-0.3, -0.25) is 10.1 Å². The van der Waals surface area contributed by atoms with Gasteiger partial charge in [-0.05, 0) is 0 Å². The molecule has 0 atom stereocenters. The Labute approximate surface area is 70.9 Å². The molecular formula is C7H4F3NO2. The lowest BCUT2D eigenvalue weighted by atomic mass is 10.2. The Balaban J connectivity index is 3.13. The monoisotopic (exact) mass is 191 g/mol. The molecule has 0 saturated heterocycles. The van der Waals surface area contributed by atoms with Crippen LogP contribution in [-0.4, -0.2) is 4.92 Å². The lowest BCUT2D eigenvalue weighted by molar-refractivity contribution is -0.497. The zero-order valence-corrected chi connectivity index (χ0v) is 6.26. The van der Waals surface area contributed by atoms with Crippen molar-refractivity contribution in [1.29, 1.82) is 0 Å². The quantitative estimate of drug-likeness (QED) is 0.529. The largest absolute Gasteiger partial charge is 0.264 e. The highest BCUT2D eigenvalue weighted by Gasteiger charge is 2.15. The summed E-state index contributed by atoms with van der Waals surface area (Å²) in [7, 11) is 0. The van der Waals surface area contributed by atoms with Crippen molar-refractivity contribution >= 4 is 0 Å². The van der Waals surface area contributed by atoms with Gasteiger partial charge in [-0.15, -0.1) is 0 Å². The Morgan fingerprint density at radius 1 is 1.23 bits per heavy atom. The van der Waals surface area contributed by atoms with Gasteiger partial charge in [0.2, 0.25) is 6.54 Å². The molecule has 1 aromatic carbocycles. The molecule has 0 fully saturated rings. The van der Waals surface area contributed by atoms with Crippen LogP contribution in [-0.2, 0) is 6.54 Å². The average molecular weight is 191 g/mol. The maximum absolute atomic E-state index is 12.7. The molecule has 13 heavy (non-hydrogen) atoms. The number of benzene rings is 1. The molecule has 0 saturated carbocycles. The summed E-state index contributed by atoms with van der Waals surface area (Å²) in [5.74, 6) is -3.58. The fourth-order valence-electron chi connectivity index (χ4n) is 0.852. The third kappa shape index (κ3) is 2.17. The summed E-state index contributed by atoms with van der Waals surface area (Å²) < 4.78 is 37.7. The normalized spacial score (nSPS) is 10.1. The van der Waals surface area contributed by atoms with Crippen LogP contribution in [0, 0.1) is 27.6 Å². The van der Waals surface area contributed by atoms with Crippen molar-refractivity contribution < 1.29 is 18.1 Å². The molecule has 0 aromatic heterocycles. The molecule has 70 valence electrons. The molecule has 1 rings (SSSR count). The van der Waals surface area contributed by atoms with Crippen molar-refractivity contribution in [2.75, 3.05) is 0 Å². The van der Waals surface area contributed by atoms with Gasteiger partial charge < -0.3 is 0 Å². The van der Waals surface area contributed by atoms with Gasteiger partial charge >= 0.3 is 0 Å². The predicted molar refractivity (Wildman–Crippen MR) is 37.0 cm³/mol. The van der Waals surface area contributed by atoms with Gasteiger partial charge in [0.1, 0.15) is 17.5 Å². The van der Waals surface area contributed by atoms with Crippen LogP contribution in [0.2, 0.25) is 0 Å². The molecule has 0 spiro atoms. The van der Waals surface area contributed by atoms with Crippen LogP contribution in [0.1, 0.15) is 5.56 Å². The Morgan fingerprint density at radius 2 is 1.69 bits per heavy atom. The molecule has 0 bridgehead atoms. The highest BCUT2D eigenvalue weighted by molar-refractivity contribution is 5.19. The molecule has 0 amide bonds. The van der Waals surface area contributed by atoms with Crippen LogP contribution < -0.4 is 0 Å². The second-order valence-electron chi connectivity index (χ2n) is 2.34. The molecule has 0 radical (unpaired) electrons. The minimum Gasteiger partial charge on any atom is -0.264 e. The number of halogens is 3. The molecule has 0 N–H and O–H groups in total. The van der Waals surface area contributed by atoms with E-state index < -0.39 is 34.5 Å². The van der Waals surface area contributed by atoms with Crippen molar-refractivity contribution in [3.05, 3.63) is 45.3 Å². The minimum absolute atomic E-state index is 0.405. The number of nitrogens with zero attached hydrogens (tertiary/aromatic N) is 1. The molecule has 0 unspecified atom stereocenters. The van der Waals surface area contributed by atoms with Crippen LogP contribution in [0.5, 0.6) is 0 Å². The van der Waals surface area contributed by atoms with Gasteiger partial charge in [-0.1, -0.05) is 0 Å². The zero-order valence-electron chi connectivity index (χ0n) is 6.26. The lowest BCUT2D eigenvalue weighted by Gasteiger charge is -1.99. The van der Waals surface area contributed by atoms with Crippen LogP contribution in [0.3, 0.4) is 0 Å². The smallest absolute Gasteiger partial charge is 0.234 e. The molecule has 3 nitrogen and oxygen atoms in total. The zero-order chi connectivity index (χ0) is 10.0. The number of hydrogen-bond acceptors (Lipinski definition) is 2. The van der Waals surface area contributed by atoms with E-state index in [0.717, 1.165) is 0 Å². The van der Waals surface area contributed by atoms with E-state index in [-0.39, 0.29) is 0 Å². The van der Waals surface area contributed by atoms with Crippen molar-refractivity contribution in [3.63, 3.8) is 0 Å². The van der Waals surface area contributed by atoms with Gasteiger partial charge in [0.05, 0.1) is 5.56 Å². The van der Waals surface area contributed by atoms with E-state index in [2.05, 4.69) is 0 Å². The highest BCUT2D eigenvalue weighted by Crippen LogP contribution is 2.15. The average Bonchev–Trinajstić information content (AvgIpc) is 1.96. The molecule has 0 heterocycles. The second kappa shape index (κ2) is 3.42. The van der Waals surface area contributed by atoms with E-state index in [0.29, 0.717) is 12.1 Å². The first-order chi connectivity index (χ1) is 6.00. The van der Waals surface area contributed by atoms with Gasteiger partial charge in [0.25, 0.3) is 0 Å². The second-order valence-corrected chi connectivity index (χ2v) is 2.34. The lowest BCUT2D eigenvalue weighted by Crippen LogP contribution is -2.04. The summed E-state index contributed by atoms with van der Waals surface area (Å²) in [6.45, 7) is -0.988. The summed E-state index contributed by atoms with van der Waals surface area (Å²) in [5.41, 5.74) is -0.730. The van der Waals surface area contributed by atoms with Crippen LogP contribution in [0.15, 0.2) is 12.1 Å². The molecule has 0 aliphatic heterocycles. The van der Waals surface area contributed by atoms with Crippen molar-refractivity contribution in [2.45, 2.75) is 6.54 Å². The number of hydrogen-bond donors (Lipinski definition) is 0. The Morgan fingerprint density at radius 3 is 2.08 bits per heavy atom. The van der Waals surface area contributed by atoms with Crippen LogP contribution in [0.4, 0.5) is 13.2 Å². The summed E-state index contributed by atoms with van der Waals surface area (Å²) in [4.78, 5) is 9.05. The third-order valence-corrected chi connectivity index (χ3v) is 1.39. The molecule has 0 aliphatic carbocycles. The van der Waals surface area contributed by atoms with Crippen molar-refractivity contribution in [3.8, 4) is 0 Å². The topological polar surface area (TPSA) is 43.1 Å². The Hall–Kier alpha value is -1.59. The van der Waals surface area contributed by atoms with Crippen molar-refractivity contribution in [2.24, 2.45) is 0 Å². The Kier molecular flexibility index (Phi) is 2.50. The summed E-state index contributed by atoms with van der Waals surface area (Å²) in [6.07, 6.45) is 0. The maximum atomic E-state index is 12.7. The van der Waals surface area contributed by atoms with Crippen molar-refractivity contribution in [1.82, 2.24) is 0 Å². The fourth-order valence-corrected chi connectivity index (χ4v) is 0.852. The summed E-state index contributed by atoms with van der Waals surface area (Å²) in [6, 6.07) is 0.809. The summed E-state index contributed by atoms with van der Waals surface area (Å²) in [5, 5.41) is 9.94. The van der Waals surface area contributed by atoms with Gasteiger partial charge in [-0.2, -0.15) is 0 Å². The predicted octanol–water partition coefficient (Wildman–Crippen LogP) is 1.88. The first-order valence-electron chi connectivity index (χ1n) is 3.26. The Bertz CT molecular complexity index is 331. The van der Waals surface area contributed by atoms with Crippen LogP contribution >= 0.6 is 0 Å². The van der Waals surface area contributed by atoms with E-state index in [4.69, 9.17) is 0 Å². The summed E-state index contributed by atoms with van der Waals surface area (Å²) >= 11 is 0. The SMILES string of the molecule is O=[N+]([O-])Cc1c(F)cc(F)cc1F.